The lowest BCUT2D eigenvalue weighted by Gasteiger charge is -2.09. The van der Waals surface area contributed by atoms with Crippen molar-refractivity contribution in [3.8, 4) is 0 Å². The van der Waals surface area contributed by atoms with E-state index in [2.05, 4.69) is 9.46 Å². The summed E-state index contributed by atoms with van der Waals surface area (Å²) in [7, 11) is -2.63. The number of methoxy groups -OCH3 is 1. The average molecular weight is 372 g/mol. The largest absolute Gasteiger partial charge is 0.465 e. The van der Waals surface area contributed by atoms with Gasteiger partial charge in [-0.1, -0.05) is 23.7 Å². The maximum Gasteiger partial charge on any atom is 0.339 e. The summed E-state index contributed by atoms with van der Waals surface area (Å²) in [6.45, 7) is 0.129. The molecule has 2 rings (SSSR count). The number of hydrogen-bond acceptors (Lipinski definition) is 4. The standard InChI is InChI=1S/C16H15ClFNO4S/c1-23-16(20)14-10-13(6-7-15(14)17)24(21,22)19-9-8-11-2-4-12(18)5-3-11/h2-7,10,19H,8-9H2,1H3. The molecular formula is C16H15ClFNO4S. The van der Waals surface area contributed by atoms with E-state index >= 15 is 0 Å². The van der Waals surface area contributed by atoms with Gasteiger partial charge < -0.3 is 4.74 Å². The van der Waals surface area contributed by atoms with Crippen molar-refractivity contribution < 1.29 is 22.3 Å². The third-order valence-electron chi connectivity index (χ3n) is 3.27. The first-order valence-corrected chi connectivity index (χ1v) is 8.81. The third-order valence-corrected chi connectivity index (χ3v) is 5.06. The Morgan fingerprint density at radius 3 is 2.50 bits per heavy atom. The SMILES string of the molecule is COC(=O)c1cc(S(=O)(=O)NCCc2ccc(F)cc2)ccc1Cl. The highest BCUT2D eigenvalue weighted by molar-refractivity contribution is 7.89. The van der Waals surface area contributed by atoms with E-state index in [0.29, 0.717) is 6.42 Å². The van der Waals surface area contributed by atoms with E-state index in [1.165, 1.54) is 31.4 Å². The van der Waals surface area contributed by atoms with Crippen molar-refractivity contribution in [2.24, 2.45) is 0 Å². The summed E-state index contributed by atoms with van der Waals surface area (Å²) in [5.41, 5.74) is 0.769. The summed E-state index contributed by atoms with van der Waals surface area (Å²) in [6, 6.07) is 9.58. The molecule has 0 amide bonds. The van der Waals surface area contributed by atoms with E-state index in [9.17, 15) is 17.6 Å². The molecule has 5 nitrogen and oxygen atoms in total. The lowest BCUT2D eigenvalue weighted by atomic mass is 10.1. The highest BCUT2D eigenvalue weighted by Gasteiger charge is 2.18. The van der Waals surface area contributed by atoms with Gasteiger partial charge in [0.15, 0.2) is 0 Å². The predicted molar refractivity (Wildman–Crippen MR) is 88.1 cm³/mol. The molecule has 0 fully saturated rings. The van der Waals surface area contributed by atoms with Crippen molar-refractivity contribution in [3.05, 3.63) is 64.4 Å². The summed E-state index contributed by atoms with van der Waals surface area (Å²) < 4.78 is 44.4. The number of carbonyl (C=O) groups is 1. The fourth-order valence-electron chi connectivity index (χ4n) is 2.00. The molecule has 0 aliphatic rings. The van der Waals surface area contributed by atoms with E-state index in [1.54, 1.807) is 12.1 Å². The second kappa shape index (κ2) is 7.74. The number of halogens is 2. The Labute approximate surface area is 144 Å². The quantitative estimate of drug-likeness (QED) is 0.792. The Morgan fingerprint density at radius 1 is 1.21 bits per heavy atom. The summed E-state index contributed by atoms with van der Waals surface area (Å²) in [5, 5.41) is 0.104. The number of esters is 1. The van der Waals surface area contributed by atoms with Crippen LogP contribution in [0.25, 0.3) is 0 Å². The predicted octanol–water partition coefficient (Wildman–Crippen LogP) is 2.79. The topological polar surface area (TPSA) is 72.5 Å². The molecule has 0 heterocycles. The van der Waals surface area contributed by atoms with Gasteiger partial charge in [-0.25, -0.2) is 22.3 Å². The highest BCUT2D eigenvalue weighted by Crippen LogP contribution is 2.21. The summed E-state index contributed by atoms with van der Waals surface area (Å²) >= 11 is 5.87. The number of rotatable bonds is 6. The Kier molecular flexibility index (Phi) is 5.93. The number of ether oxygens (including phenoxy) is 1. The first-order valence-electron chi connectivity index (χ1n) is 6.95. The molecule has 8 heteroatoms. The fraction of sp³-hybridized carbons (Fsp3) is 0.188. The van der Waals surface area contributed by atoms with Crippen molar-refractivity contribution in [1.82, 2.24) is 4.72 Å². The molecule has 2 aromatic carbocycles. The van der Waals surface area contributed by atoms with Crippen LogP contribution in [0.5, 0.6) is 0 Å². The first-order chi connectivity index (χ1) is 11.3. The molecule has 2 aromatic rings. The summed E-state index contributed by atoms with van der Waals surface area (Å²) in [6.07, 6.45) is 0.400. The number of hydrogen-bond donors (Lipinski definition) is 1. The Morgan fingerprint density at radius 2 is 1.88 bits per heavy atom. The zero-order chi connectivity index (χ0) is 17.7. The van der Waals surface area contributed by atoms with Gasteiger partial charge in [0, 0.05) is 6.54 Å². The molecule has 0 aromatic heterocycles. The van der Waals surface area contributed by atoms with Crippen molar-refractivity contribution in [3.63, 3.8) is 0 Å². The van der Waals surface area contributed by atoms with Crippen molar-refractivity contribution in [2.75, 3.05) is 13.7 Å². The lowest BCUT2D eigenvalue weighted by Crippen LogP contribution is -2.26. The van der Waals surface area contributed by atoms with Crippen LogP contribution in [0.15, 0.2) is 47.4 Å². The van der Waals surface area contributed by atoms with Gasteiger partial charge in [-0.15, -0.1) is 0 Å². The van der Waals surface area contributed by atoms with Gasteiger partial charge in [-0.3, -0.25) is 0 Å². The van der Waals surface area contributed by atoms with Crippen LogP contribution in [0, 0.1) is 5.82 Å². The van der Waals surface area contributed by atoms with Crippen LogP contribution in [0.3, 0.4) is 0 Å². The Bertz CT molecular complexity index is 838. The van der Waals surface area contributed by atoms with E-state index in [4.69, 9.17) is 11.6 Å². The van der Waals surface area contributed by atoms with Crippen LogP contribution in [0.1, 0.15) is 15.9 Å². The van der Waals surface area contributed by atoms with Crippen LogP contribution >= 0.6 is 11.6 Å². The monoisotopic (exact) mass is 371 g/mol. The molecule has 0 atom stereocenters. The minimum Gasteiger partial charge on any atom is -0.465 e. The molecule has 24 heavy (non-hydrogen) atoms. The van der Waals surface area contributed by atoms with Gasteiger partial charge in [-0.05, 0) is 42.3 Å². The second-order valence-corrected chi connectivity index (χ2v) is 7.08. The zero-order valence-electron chi connectivity index (χ0n) is 12.8. The minimum absolute atomic E-state index is 0.0272. The normalized spacial score (nSPS) is 11.3. The van der Waals surface area contributed by atoms with Gasteiger partial charge >= 0.3 is 5.97 Å². The first kappa shape index (κ1) is 18.4. The molecule has 1 N–H and O–H groups in total. The van der Waals surface area contributed by atoms with Gasteiger partial charge in [0.05, 0.1) is 22.6 Å². The van der Waals surface area contributed by atoms with Crippen LogP contribution in [0.4, 0.5) is 4.39 Å². The molecular weight excluding hydrogens is 357 g/mol. The molecule has 0 spiro atoms. The van der Waals surface area contributed by atoms with E-state index < -0.39 is 16.0 Å². The van der Waals surface area contributed by atoms with Gasteiger partial charge in [-0.2, -0.15) is 0 Å². The average Bonchev–Trinajstić information content (AvgIpc) is 2.56. The molecule has 0 saturated carbocycles. The van der Waals surface area contributed by atoms with E-state index in [1.807, 2.05) is 0 Å². The van der Waals surface area contributed by atoms with Gasteiger partial charge in [0.1, 0.15) is 5.82 Å². The summed E-state index contributed by atoms with van der Waals surface area (Å²) in [5.74, 6) is -1.07. The van der Waals surface area contributed by atoms with E-state index in [-0.39, 0.29) is 27.8 Å². The minimum atomic E-state index is -3.81. The molecule has 0 aliphatic carbocycles. The molecule has 0 saturated heterocycles. The van der Waals surface area contributed by atoms with Crippen LogP contribution in [-0.2, 0) is 21.2 Å². The fourth-order valence-corrected chi connectivity index (χ4v) is 3.25. The molecule has 0 aliphatic heterocycles. The smallest absolute Gasteiger partial charge is 0.339 e. The van der Waals surface area contributed by atoms with Gasteiger partial charge in [0.25, 0.3) is 0 Å². The highest BCUT2D eigenvalue weighted by atomic mass is 35.5. The maximum absolute atomic E-state index is 12.8. The van der Waals surface area contributed by atoms with Crippen molar-refractivity contribution >= 4 is 27.6 Å². The van der Waals surface area contributed by atoms with Crippen LogP contribution < -0.4 is 4.72 Å². The van der Waals surface area contributed by atoms with Crippen LogP contribution in [-0.4, -0.2) is 28.0 Å². The molecule has 0 radical (unpaired) electrons. The third kappa shape index (κ3) is 4.53. The molecule has 0 bridgehead atoms. The number of nitrogens with one attached hydrogen (secondary N) is 1. The summed E-state index contributed by atoms with van der Waals surface area (Å²) in [4.78, 5) is 11.5. The van der Waals surface area contributed by atoms with Crippen LogP contribution in [0.2, 0.25) is 5.02 Å². The van der Waals surface area contributed by atoms with Crippen molar-refractivity contribution in [2.45, 2.75) is 11.3 Å². The van der Waals surface area contributed by atoms with Gasteiger partial charge in [0.2, 0.25) is 10.0 Å². The Balaban J connectivity index is 2.09. The van der Waals surface area contributed by atoms with E-state index in [0.717, 1.165) is 11.6 Å². The molecule has 0 unspecified atom stereocenters. The maximum atomic E-state index is 12.8. The molecule has 128 valence electrons. The lowest BCUT2D eigenvalue weighted by molar-refractivity contribution is 0.0600. The number of benzene rings is 2. The Hall–Kier alpha value is -1.96. The second-order valence-electron chi connectivity index (χ2n) is 4.91. The van der Waals surface area contributed by atoms with Crippen molar-refractivity contribution in [1.29, 1.82) is 0 Å². The number of carbonyl (C=O) groups excluding carboxylic acids is 1. The number of sulfonamides is 1. The zero-order valence-corrected chi connectivity index (χ0v) is 14.3.